The van der Waals surface area contributed by atoms with Crippen molar-refractivity contribution in [2.45, 2.75) is 16.5 Å². The number of benzene rings is 2. The van der Waals surface area contributed by atoms with Gasteiger partial charge in [-0.3, -0.25) is 9.59 Å². The van der Waals surface area contributed by atoms with Crippen LogP contribution in [0.2, 0.25) is 10.0 Å². The van der Waals surface area contributed by atoms with Crippen molar-refractivity contribution < 1.29 is 14.3 Å². The standard InChI is InChI=1S/C21H18Cl2N4O3S2/c1-30-16-4-2-3-15(9-16)27-10-13(7-18(27)28)19(29)24-20-25-26-21(32-20)31-11-12-5-6-14(22)8-17(12)23/h2-6,8-9,13H,7,10-11H2,1H3,(H,24,25,29). The van der Waals surface area contributed by atoms with E-state index >= 15 is 0 Å². The minimum Gasteiger partial charge on any atom is -0.497 e. The zero-order chi connectivity index (χ0) is 22.7. The lowest BCUT2D eigenvalue weighted by Crippen LogP contribution is -2.28. The van der Waals surface area contributed by atoms with Gasteiger partial charge in [0.25, 0.3) is 0 Å². The molecule has 32 heavy (non-hydrogen) atoms. The third-order valence-corrected chi connectivity index (χ3v) is 7.47. The first-order valence-electron chi connectivity index (χ1n) is 9.58. The highest BCUT2D eigenvalue weighted by molar-refractivity contribution is 8.00. The molecule has 1 aliphatic heterocycles. The molecule has 7 nitrogen and oxygen atoms in total. The highest BCUT2D eigenvalue weighted by Gasteiger charge is 2.35. The van der Waals surface area contributed by atoms with Gasteiger partial charge in [-0.2, -0.15) is 0 Å². The number of nitrogens with one attached hydrogen (secondary N) is 1. The maximum absolute atomic E-state index is 12.7. The molecule has 1 fully saturated rings. The Hall–Kier alpha value is -2.33. The van der Waals surface area contributed by atoms with Crippen LogP contribution < -0.4 is 15.0 Å². The minimum atomic E-state index is -0.471. The molecule has 1 N–H and O–H groups in total. The second-order valence-corrected chi connectivity index (χ2v) is 10.0. The molecule has 1 aromatic heterocycles. The van der Waals surface area contributed by atoms with Crippen LogP contribution >= 0.6 is 46.3 Å². The molecular weight excluding hydrogens is 491 g/mol. The Morgan fingerprint density at radius 2 is 2.12 bits per heavy atom. The van der Waals surface area contributed by atoms with Crippen molar-refractivity contribution in [2.24, 2.45) is 5.92 Å². The van der Waals surface area contributed by atoms with Crippen LogP contribution in [0.15, 0.2) is 46.8 Å². The van der Waals surface area contributed by atoms with Crippen molar-refractivity contribution in [1.29, 1.82) is 0 Å². The Labute approximate surface area is 203 Å². The van der Waals surface area contributed by atoms with E-state index in [9.17, 15) is 9.59 Å². The number of carbonyl (C=O) groups is 2. The summed E-state index contributed by atoms with van der Waals surface area (Å²) in [6.07, 6.45) is 0.137. The van der Waals surface area contributed by atoms with E-state index < -0.39 is 5.92 Å². The fourth-order valence-electron chi connectivity index (χ4n) is 3.22. The Morgan fingerprint density at radius 1 is 1.28 bits per heavy atom. The highest BCUT2D eigenvalue weighted by atomic mass is 35.5. The molecule has 1 atom stereocenters. The summed E-state index contributed by atoms with van der Waals surface area (Å²) in [5.41, 5.74) is 1.64. The van der Waals surface area contributed by atoms with Crippen LogP contribution in [-0.2, 0) is 15.3 Å². The normalized spacial score (nSPS) is 15.8. The lowest BCUT2D eigenvalue weighted by atomic mass is 10.1. The first-order valence-corrected chi connectivity index (χ1v) is 12.1. The van der Waals surface area contributed by atoms with E-state index in [1.165, 1.54) is 23.1 Å². The molecule has 1 saturated heterocycles. The van der Waals surface area contributed by atoms with Crippen LogP contribution in [0.5, 0.6) is 5.75 Å². The number of halogens is 2. The number of anilines is 2. The number of aromatic nitrogens is 2. The second kappa shape index (κ2) is 10.1. The Kier molecular flexibility index (Phi) is 7.20. The molecule has 166 valence electrons. The average Bonchev–Trinajstić information content (AvgIpc) is 3.39. The minimum absolute atomic E-state index is 0.105. The van der Waals surface area contributed by atoms with Crippen LogP contribution in [0.25, 0.3) is 0 Å². The summed E-state index contributed by atoms with van der Waals surface area (Å²) < 4.78 is 5.92. The van der Waals surface area contributed by atoms with Gasteiger partial charge in [0.15, 0.2) is 4.34 Å². The van der Waals surface area contributed by atoms with Gasteiger partial charge in [-0.1, -0.05) is 58.4 Å². The molecule has 0 radical (unpaired) electrons. The Morgan fingerprint density at radius 3 is 2.91 bits per heavy atom. The van der Waals surface area contributed by atoms with Crippen molar-refractivity contribution in [1.82, 2.24) is 10.2 Å². The summed E-state index contributed by atoms with van der Waals surface area (Å²) in [4.78, 5) is 26.8. The number of ether oxygens (including phenoxy) is 1. The third kappa shape index (κ3) is 5.35. The fourth-order valence-corrected chi connectivity index (χ4v) is 5.53. The first kappa shape index (κ1) is 22.8. The number of methoxy groups -OCH3 is 1. The fraction of sp³-hybridized carbons (Fsp3) is 0.238. The second-order valence-electron chi connectivity index (χ2n) is 6.99. The maximum atomic E-state index is 12.7. The van der Waals surface area contributed by atoms with Gasteiger partial charge in [-0.25, -0.2) is 0 Å². The average molecular weight is 509 g/mol. The molecule has 2 aromatic carbocycles. The molecule has 4 rings (SSSR count). The van der Waals surface area contributed by atoms with Gasteiger partial charge < -0.3 is 15.0 Å². The van der Waals surface area contributed by atoms with Crippen molar-refractivity contribution in [3.05, 3.63) is 58.1 Å². The van der Waals surface area contributed by atoms with E-state index in [4.69, 9.17) is 27.9 Å². The molecular formula is C21H18Cl2N4O3S2. The van der Waals surface area contributed by atoms with Gasteiger partial charge in [0, 0.05) is 40.5 Å². The van der Waals surface area contributed by atoms with E-state index in [2.05, 4.69) is 15.5 Å². The zero-order valence-corrected chi connectivity index (χ0v) is 20.0. The zero-order valence-electron chi connectivity index (χ0n) is 16.9. The van der Waals surface area contributed by atoms with E-state index in [0.717, 1.165) is 5.56 Å². The number of hydrogen-bond donors (Lipinski definition) is 1. The van der Waals surface area contributed by atoms with Crippen molar-refractivity contribution in [3.8, 4) is 5.75 Å². The molecule has 2 heterocycles. The highest BCUT2D eigenvalue weighted by Crippen LogP contribution is 2.32. The number of amides is 2. The summed E-state index contributed by atoms with van der Waals surface area (Å²) >= 11 is 14.9. The molecule has 1 aliphatic rings. The lowest BCUT2D eigenvalue weighted by molar-refractivity contribution is -0.122. The summed E-state index contributed by atoms with van der Waals surface area (Å²) in [6.45, 7) is 0.299. The summed E-state index contributed by atoms with van der Waals surface area (Å²) in [7, 11) is 1.57. The van der Waals surface area contributed by atoms with Crippen LogP contribution in [0.1, 0.15) is 12.0 Å². The third-order valence-electron chi connectivity index (χ3n) is 4.86. The number of carbonyl (C=O) groups excluding carboxylic acids is 2. The van der Waals surface area contributed by atoms with Crippen LogP contribution in [0, 0.1) is 5.92 Å². The Bertz CT molecular complexity index is 1160. The molecule has 0 spiro atoms. The largest absolute Gasteiger partial charge is 0.497 e. The smallest absolute Gasteiger partial charge is 0.231 e. The molecule has 1 unspecified atom stereocenters. The van der Waals surface area contributed by atoms with E-state index in [0.29, 0.717) is 43.3 Å². The van der Waals surface area contributed by atoms with Gasteiger partial charge in [0.2, 0.25) is 16.9 Å². The predicted octanol–water partition coefficient (Wildman–Crippen LogP) is 5.14. The van der Waals surface area contributed by atoms with Crippen LogP contribution in [-0.4, -0.2) is 35.7 Å². The van der Waals surface area contributed by atoms with Crippen molar-refractivity contribution in [2.75, 3.05) is 23.9 Å². The van der Waals surface area contributed by atoms with Gasteiger partial charge in [-0.15, -0.1) is 10.2 Å². The van der Waals surface area contributed by atoms with Gasteiger partial charge >= 0.3 is 0 Å². The summed E-state index contributed by atoms with van der Waals surface area (Å²) in [6, 6.07) is 12.6. The van der Waals surface area contributed by atoms with Crippen LogP contribution in [0.4, 0.5) is 10.8 Å². The number of hydrogen-bond acceptors (Lipinski definition) is 7. The quantitative estimate of drug-likeness (QED) is 0.351. The molecule has 0 saturated carbocycles. The predicted molar refractivity (Wildman–Crippen MR) is 128 cm³/mol. The molecule has 3 aromatic rings. The van der Waals surface area contributed by atoms with Gasteiger partial charge in [-0.05, 0) is 29.8 Å². The van der Waals surface area contributed by atoms with Crippen molar-refractivity contribution >= 4 is 68.9 Å². The maximum Gasteiger partial charge on any atom is 0.231 e. The first-order chi connectivity index (χ1) is 15.4. The monoisotopic (exact) mass is 508 g/mol. The molecule has 2 amide bonds. The van der Waals surface area contributed by atoms with Gasteiger partial charge in [0.1, 0.15) is 5.75 Å². The summed E-state index contributed by atoms with van der Waals surface area (Å²) in [5, 5.41) is 12.5. The lowest BCUT2D eigenvalue weighted by Gasteiger charge is -2.17. The van der Waals surface area contributed by atoms with E-state index in [1.54, 1.807) is 36.3 Å². The number of rotatable bonds is 7. The van der Waals surface area contributed by atoms with Gasteiger partial charge in [0.05, 0.1) is 13.0 Å². The van der Waals surface area contributed by atoms with Crippen molar-refractivity contribution in [3.63, 3.8) is 0 Å². The molecule has 11 heteroatoms. The summed E-state index contributed by atoms with van der Waals surface area (Å²) in [5.74, 6) is 0.429. The topological polar surface area (TPSA) is 84.4 Å². The number of nitrogens with zero attached hydrogens (tertiary/aromatic N) is 3. The number of thioether (sulfide) groups is 1. The van der Waals surface area contributed by atoms with E-state index in [1.807, 2.05) is 18.2 Å². The van der Waals surface area contributed by atoms with E-state index in [-0.39, 0.29) is 18.2 Å². The molecule has 0 bridgehead atoms. The van der Waals surface area contributed by atoms with Crippen LogP contribution in [0.3, 0.4) is 0 Å². The molecule has 0 aliphatic carbocycles. The SMILES string of the molecule is COc1cccc(N2CC(C(=O)Nc3nnc(SCc4ccc(Cl)cc4Cl)s3)CC2=O)c1. The Balaban J connectivity index is 1.34.